The van der Waals surface area contributed by atoms with Gasteiger partial charge in [0, 0.05) is 17.0 Å². The van der Waals surface area contributed by atoms with Crippen molar-refractivity contribution in [3.8, 4) is 0 Å². The Morgan fingerprint density at radius 3 is 2.77 bits per heavy atom. The van der Waals surface area contributed by atoms with Crippen molar-refractivity contribution in [2.24, 2.45) is 0 Å². The molecule has 6 nitrogen and oxygen atoms in total. The number of ether oxygens (including phenoxy) is 1. The Labute approximate surface area is 157 Å². The van der Waals surface area contributed by atoms with Crippen LogP contribution in [0.4, 0.5) is 5.82 Å². The third-order valence-electron chi connectivity index (χ3n) is 4.51. The summed E-state index contributed by atoms with van der Waals surface area (Å²) in [7, 11) is 0. The minimum absolute atomic E-state index is 0.125. The summed E-state index contributed by atoms with van der Waals surface area (Å²) in [6, 6.07) is 3.79. The van der Waals surface area contributed by atoms with Crippen LogP contribution >= 0.6 is 11.3 Å². The van der Waals surface area contributed by atoms with Crippen molar-refractivity contribution in [2.75, 3.05) is 5.32 Å². The first-order valence-electron chi connectivity index (χ1n) is 9.12. The molecule has 2 aromatic rings. The smallest absolute Gasteiger partial charge is 0.349 e. The number of amides is 1. The molecule has 3 rings (SSSR count). The minimum Gasteiger partial charge on any atom is -0.448 e. The molecule has 0 spiro atoms. The summed E-state index contributed by atoms with van der Waals surface area (Å²) in [6.45, 7) is 5.54. The largest absolute Gasteiger partial charge is 0.448 e. The molecule has 7 heteroatoms. The number of thiophene rings is 1. The van der Waals surface area contributed by atoms with E-state index >= 15 is 0 Å². The molecule has 1 atom stereocenters. The van der Waals surface area contributed by atoms with Gasteiger partial charge in [0.2, 0.25) is 0 Å². The number of fused-ring (bicyclic) bond motifs is 1. The number of aryl methyl sites for hydroxylation is 2. The van der Waals surface area contributed by atoms with Crippen LogP contribution in [-0.4, -0.2) is 27.8 Å². The van der Waals surface area contributed by atoms with Crippen molar-refractivity contribution in [3.63, 3.8) is 0 Å². The second-order valence-corrected chi connectivity index (χ2v) is 8.05. The summed E-state index contributed by atoms with van der Waals surface area (Å²) in [5.41, 5.74) is 1.26. The highest BCUT2D eigenvalue weighted by atomic mass is 32.1. The molecule has 0 aromatic carbocycles. The summed E-state index contributed by atoms with van der Waals surface area (Å²) < 4.78 is 7.10. The van der Waals surface area contributed by atoms with Gasteiger partial charge in [0.1, 0.15) is 10.7 Å². The van der Waals surface area contributed by atoms with Gasteiger partial charge in [-0.25, -0.2) is 9.48 Å². The number of esters is 1. The Hall–Kier alpha value is -2.15. The van der Waals surface area contributed by atoms with Crippen LogP contribution in [0, 0.1) is 0 Å². The van der Waals surface area contributed by atoms with Crippen molar-refractivity contribution >= 4 is 29.0 Å². The highest BCUT2D eigenvalue weighted by Gasteiger charge is 2.23. The summed E-state index contributed by atoms with van der Waals surface area (Å²) in [4.78, 5) is 26.7. The van der Waals surface area contributed by atoms with Crippen LogP contribution in [0.2, 0.25) is 0 Å². The third-order valence-corrected chi connectivity index (χ3v) is 5.73. The third kappa shape index (κ3) is 4.15. The van der Waals surface area contributed by atoms with Crippen LogP contribution in [0.3, 0.4) is 0 Å². The molecule has 0 bridgehead atoms. The molecule has 0 fully saturated rings. The summed E-state index contributed by atoms with van der Waals surface area (Å²) in [5.74, 6) is -0.197. The maximum Gasteiger partial charge on any atom is 0.349 e. The molecule has 1 N–H and O–H groups in total. The molecule has 140 valence electrons. The molecular formula is C19H25N3O3S. The number of aromatic nitrogens is 2. The molecule has 2 aromatic heterocycles. The minimum atomic E-state index is -0.875. The van der Waals surface area contributed by atoms with E-state index in [9.17, 15) is 9.59 Å². The Kier molecular flexibility index (Phi) is 5.76. The monoisotopic (exact) mass is 375 g/mol. The summed E-state index contributed by atoms with van der Waals surface area (Å²) >= 11 is 1.50. The van der Waals surface area contributed by atoms with Gasteiger partial charge in [0.15, 0.2) is 6.10 Å². The molecule has 1 aliphatic rings. The SMILES string of the molecule is CC(C)n1nccc1NC(=O)[C@@H](C)OC(=O)c1cc2c(s1)CCCCC2. The normalized spacial score (nSPS) is 15.2. The number of nitrogens with zero attached hydrogens (tertiary/aromatic N) is 2. The second-order valence-electron chi connectivity index (χ2n) is 6.91. The van der Waals surface area contributed by atoms with Crippen LogP contribution in [0.5, 0.6) is 0 Å². The van der Waals surface area contributed by atoms with Gasteiger partial charge < -0.3 is 10.1 Å². The average molecular weight is 375 g/mol. The van der Waals surface area contributed by atoms with E-state index in [-0.39, 0.29) is 11.9 Å². The Morgan fingerprint density at radius 1 is 1.23 bits per heavy atom. The number of hydrogen-bond donors (Lipinski definition) is 1. The highest BCUT2D eigenvalue weighted by molar-refractivity contribution is 7.14. The number of carbonyl (C=O) groups excluding carboxylic acids is 2. The van der Waals surface area contributed by atoms with Crippen LogP contribution in [0.25, 0.3) is 0 Å². The number of hydrogen-bond acceptors (Lipinski definition) is 5. The fourth-order valence-corrected chi connectivity index (χ4v) is 4.23. The standard InChI is InChI=1S/C19H25N3O3S/c1-12(2)22-17(9-10-20-22)21-18(23)13(3)25-19(24)16-11-14-7-5-4-6-8-15(14)26-16/h9-13H,4-8H2,1-3H3,(H,21,23)/t13-/m1/s1. The molecule has 0 unspecified atom stereocenters. The zero-order valence-corrected chi connectivity index (χ0v) is 16.3. The van der Waals surface area contributed by atoms with E-state index in [1.165, 1.54) is 41.0 Å². The molecular weight excluding hydrogens is 350 g/mol. The van der Waals surface area contributed by atoms with E-state index < -0.39 is 12.1 Å². The fraction of sp³-hybridized carbons (Fsp3) is 0.526. The first-order chi connectivity index (χ1) is 12.5. The van der Waals surface area contributed by atoms with E-state index in [4.69, 9.17) is 4.74 Å². The van der Waals surface area contributed by atoms with Crippen LogP contribution in [0.1, 0.15) is 66.2 Å². The summed E-state index contributed by atoms with van der Waals surface area (Å²) in [6.07, 6.45) is 6.39. The second kappa shape index (κ2) is 8.03. The van der Waals surface area contributed by atoms with Gasteiger partial charge in [-0.15, -0.1) is 11.3 Å². The molecule has 1 aliphatic carbocycles. The van der Waals surface area contributed by atoms with Gasteiger partial charge in [-0.1, -0.05) is 6.42 Å². The van der Waals surface area contributed by atoms with Gasteiger partial charge in [0.05, 0.1) is 6.20 Å². The maximum absolute atomic E-state index is 12.4. The lowest BCUT2D eigenvalue weighted by Gasteiger charge is -2.15. The Balaban J connectivity index is 1.62. The first kappa shape index (κ1) is 18.6. The molecule has 2 heterocycles. The first-order valence-corrected chi connectivity index (χ1v) is 9.94. The van der Waals surface area contributed by atoms with Crippen molar-refractivity contribution in [3.05, 3.63) is 33.6 Å². The summed E-state index contributed by atoms with van der Waals surface area (Å²) in [5, 5.41) is 6.95. The molecule has 0 aliphatic heterocycles. The van der Waals surface area contributed by atoms with E-state index in [1.807, 2.05) is 19.9 Å². The zero-order valence-electron chi connectivity index (χ0n) is 15.4. The van der Waals surface area contributed by atoms with E-state index in [1.54, 1.807) is 23.9 Å². The number of nitrogens with one attached hydrogen (secondary N) is 1. The van der Waals surface area contributed by atoms with Gasteiger partial charge in [0.25, 0.3) is 5.91 Å². The van der Waals surface area contributed by atoms with Crippen molar-refractivity contribution in [2.45, 2.75) is 65.0 Å². The molecule has 0 saturated heterocycles. The van der Waals surface area contributed by atoms with Gasteiger partial charge >= 0.3 is 5.97 Å². The molecule has 1 amide bonds. The number of carbonyl (C=O) groups is 2. The van der Waals surface area contributed by atoms with Crippen LogP contribution in [0.15, 0.2) is 18.3 Å². The quantitative estimate of drug-likeness (QED) is 0.634. The van der Waals surface area contributed by atoms with Crippen molar-refractivity contribution in [1.29, 1.82) is 0 Å². The lowest BCUT2D eigenvalue weighted by Crippen LogP contribution is -2.30. The van der Waals surface area contributed by atoms with Crippen molar-refractivity contribution in [1.82, 2.24) is 9.78 Å². The van der Waals surface area contributed by atoms with E-state index in [2.05, 4.69) is 10.4 Å². The fourth-order valence-electron chi connectivity index (χ4n) is 3.09. The molecule has 0 saturated carbocycles. The zero-order chi connectivity index (χ0) is 18.7. The number of anilines is 1. The predicted octanol–water partition coefficient (Wildman–Crippen LogP) is 3.98. The topological polar surface area (TPSA) is 73.2 Å². The Morgan fingerprint density at radius 2 is 2.00 bits per heavy atom. The lowest BCUT2D eigenvalue weighted by molar-refractivity contribution is -0.123. The number of rotatable bonds is 5. The lowest BCUT2D eigenvalue weighted by atomic mass is 10.1. The van der Waals surface area contributed by atoms with E-state index in [0.29, 0.717) is 10.7 Å². The average Bonchev–Trinajstić information content (AvgIpc) is 3.17. The predicted molar refractivity (Wildman–Crippen MR) is 102 cm³/mol. The highest BCUT2D eigenvalue weighted by Crippen LogP contribution is 2.29. The van der Waals surface area contributed by atoms with Crippen LogP contribution < -0.4 is 5.32 Å². The van der Waals surface area contributed by atoms with Crippen molar-refractivity contribution < 1.29 is 14.3 Å². The van der Waals surface area contributed by atoms with Crippen LogP contribution in [-0.2, 0) is 22.4 Å². The van der Waals surface area contributed by atoms with Gasteiger partial charge in [-0.05, 0) is 58.1 Å². The molecule has 26 heavy (non-hydrogen) atoms. The van der Waals surface area contributed by atoms with Gasteiger partial charge in [-0.2, -0.15) is 5.10 Å². The van der Waals surface area contributed by atoms with Gasteiger partial charge in [-0.3, -0.25) is 4.79 Å². The maximum atomic E-state index is 12.4. The molecule has 0 radical (unpaired) electrons. The van der Waals surface area contributed by atoms with E-state index in [0.717, 1.165) is 12.8 Å². The Bertz CT molecular complexity index is 770.